The van der Waals surface area contributed by atoms with Gasteiger partial charge in [0.25, 0.3) is 0 Å². The highest BCUT2D eigenvalue weighted by atomic mass is 16.3. The summed E-state index contributed by atoms with van der Waals surface area (Å²) in [5, 5.41) is 10.4. The van der Waals surface area contributed by atoms with Crippen LogP contribution in [0, 0.1) is 6.92 Å². The monoisotopic (exact) mass is 291 g/mol. The van der Waals surface area contributed by atoms with Gasteiger partial charge in [0.2, 0.25) is 5.78 Å². The normalized spacial score (nSPS) is 12.1. The molecule has 1 heterocycles. The lowest BCUT2D eigenvalue weighted by atomic mass is 10.1. The van der Waals surface area contributed by atoms with E-state index in [1.807, 2.05) is 49.4 Å². The number of aryl methyl sites for hydroxylation is 1. The second kappa shape index (κ2) is 6.00. The molecular weight excluding hydrogens is 274 g/mol. The number of benzene rings is 2. The van der Waals surface area contributed by atoms with Crippen LogP contribution in [0.4, 0.5) is 0 Å². The number of aromatic amines is 1. The Kier molecular flexibility index (Phi) is 3.90. The van der Waals surface area contributed by atoms with Gasteiger partial charge in [0.1, 0.15) is 6.10 Å². The Morgan fingerprint density at radius 1 is 0.955 bits per heavy atom. The summed E-state index contributed by atoms with van der Waals surface area (Å²) in [6, 6.07) is 20.2. The molecule has 3 nitrogen and oxygen atoms in total. The number of ketones is 1. The third-order valence-electron chi connectivity index (χ3n) is 3.68. The van der Waals surface area contributed by atoms with Crippen LogP contribution >= 0.6 is 0 Å². The number of carbonyl (C=O) groups excluding carboxylic acids is 1. The fourth-order valence-electron chi connectivity index (χ4n) is 2.38. The van der Waals surface area contributed by atoms with Crippen molar-refractivity contribution >= 4 is 5.78 Å². The zero-order valence-corrected chi connectivity index (χ0v) is 12.3. The molecule has 3 rings (SSSR count). The first kappa shape index (κ1) is 14.3. The smallest absolute Gasteiger partial charge is 0.209 e. The Morgan fingerprint density at radius 3 is 2.32 bits per heavy atom. The first-order valence-corrected chi connectivity index (χ1v) is 7.18. The van der Waals surface area contributed by atoms with Crippen molar-refractivity contribution in [1.82, 2.24) is 4.98 Å². The van der Waals surface area contributed by atoms with Gasteiger partial charge in [0, 0.05) is 11.3 Å². The lowest BCUT2D eigenvalue weighted by molar-refractivity contribution is 0.103. The van der Waals surface area contributed by atoms with Crippen LogP contribution in [0.2, 0.25) is 0 Å². The average molecular weight is 291 g/mol. The molecular formula is C19H17NO2. The first-order valence-electron chi connectivity index (χ1n) is 7.18. The number of aromatic nitrogens is 1. The summed E-state index contributed by atoms with van der Waals surface area (Å²) >= 11 is 0. The van der Waals surface area contributed by atoms with Crippen LogP contribution in [0.3, 0.4) is 0 Å². The van der Waals surface area contributed by atoms with Gasteiger partial charge in [-0.2, -0.15) is 0 Å². The summed E-state index contributed by atoms with van der Waals surface area (Å²) in [5.41, 5.74) is 3.66. The van der Waals surface area contributed by atoms with Crippen LogP contribution in [-0.4, -0.2) is 15.9 Å². The number of hydrogen-bond donors (Lipinski definition) is 2. The van der Waals surface area contributed by atoms with Crippen LogP contribution in [0.5, 0.6) is 0 Å². The van der Waals surface area contributed by atoms with Crippen molar-refractivity contribution in [2.75, 3.05) is 0 Å². The van der Waals surface area contributed by atoms with Gasteiger partial charge >= 0.3 is 0 Å². The van der Waals surface area contributed by atoms with Crippen molar-refractivity contribution in [2.24, 2.45) is 0 Å². The molecule has 0 amide bonds. The molecule has 0 bridgehead atoms. The quantitative estimate of drug-likeness (QED) is 0.721. The van der Waals surface area contributed by atoms with Crippen molar-refractivity contribution in [3.63, 3.8) is 0 Å². The number of aliphatic hydroxyl groups is 1. The SMILES string of the molecule is Cc1ccc(C(O)c2ccc(C(=O)c3ccccc3)[nH]2)cc1. The van der Waals surface area contributed by atoms with Gasteiger partial charge in [-0.25, -0.2) is 0 Å². The highest BCUT2D eigenvalue weighted by molar-refractivity contribution is 6.07. The molecule has 3 heteroatoms. The minimum absolute atomic E-state index is 0.0806. The lowest BCUT2D eigenvalue weighted by Gasteiger charge is -2.09. The molecule has 0 aliphatic heterocycles. The molecule has 22 heavy (non-hydrogen) atoms. The summed E-state index contributed by atoms with van der Waals surface area (Å²) in [4.78, 5) is 15.4. The standard InChI is InChI=1S/C19H17NO2/c1-13-7-9-15(10-8-13)19(22)17-12-11-16(20-17)18(21)14-5-3-2-4-6-14/h2-12,19-20,22H,1H3. The summed E-state index contributed by atoms with van der Waals surface area (Å²) in [6.07, 6.45) is -0.766. The molecule has 1 unspecified atom stereocenters. The van der Waals surface area contributed by atoms with E-state index >= 15 is 0 Å². The Bertz CT molecular complexity index is 773. The lowest BCUT2D eigenvalue weighted by Crippen LogP contribution is -2.04. The number of aliphatic hydroxyl groups excluding tert-OH is 1. The maximum Gasteiger partial charge on any atom is 0.209 e. The fourth-order valence-corrected chi connectivity index (χ4v) is 2.38. The zero-order chi connectivity index (χ0) is 15.5. The van der Waals surface area contributed by atoms with E-state index in [1.165, 1.54) is 0 Å². The highest BCUT2D eigenvalue weighted by Gasteiger charge is 2.16. The van der Waals surface area contributed by atoms with E-state index in [0.29, 0.717) is 17.0 Å². The molecule has 1 atom stereocenters. The molecule has 2 aromatic carbocycles. The van der Waals surface area contributed by atoms with E-state index in [-0.39, 0.29) is 5.78 Å². The predicted molar refractivity (Wildman–Crippen MR) is 85.9 cm³/mol. The van der Waals surface area contributed by atoms with Gasteiger partial charge in [0.15, 0.2) is 0 Å². The summed E-state index contributed by atoms with van der Waals surface area (Å²) in [7, 11) is 0. The number of carbonyl (C=O) groups is 1. The average Bonchev–Trinajstić information content (AvgIpc) is 3.05. The molecule has 0 radical (unpaired) electrons. The Balaban J connectivity index is 1.84. The second-order valence-electron chi connectivity index (χ2n) is 5.34. The molecule has 0 aliphatic rings. The van der Waals surface area contributed by atoms with Gasteiger partial charge in [-0.3, -0.25) is 4.79 Å². The first-order chi connectivity index (χ1) is 10.6. The Hall–Kier alpha value is -2.65. The van der Waals surface area contributed by atoms with Crippen molar-refractivity contribution in [1.29, 1.82) is 0 Å². The number of nitrogens with one attached hydrogen (secondary N) is 1. The largest absolute Gasteiger partial charge is 0.382 e. The van der Waals surface area contributed by atoms with Gasteiger partial charge in [-0.05, 0) is 24.6 Å². The second-order valence-corrected chi connectivity index (χ2v) is 5.34. The van der Waals surface area contributed by atoms with Crippen molar-refractivity contribution in [3.8, 4) is 0 Å². The van der Waals surface area contributed by atoms with Crippen LogP contribution in [0.1, 0.15) is 39.0 Å². The van der Waals surface area contributed by atoms with E-state index in [0.717, 1.165) is 11.1 Å². The fraction of sp³-hybridized carbons (Fsp3) is 0.105. The van der Waals surface area contributed by atoms with Crippen LogP contribution in [-0.2, 0) is 0 Å². The minimum atomic E-state index is -0.766. The maximum atomic E-state index is 12.4. The van der Waals surface area contributed by atoms with E-state index in [1.54, 1.807) is 24.3 Å². The third kappa shape index (κ3) is 2.85. The van der Waals surface area contributed by atoms with E-state index in [9.17, 15) is 9.90 Å². The topological polar surface area (TPSA) is 53.1 Å². The molecule has 1 aromatic heterocycles. The molecule has 0 saturated heterocycles. The van der Waals surface area contributed by atoms with E-state index < -0.39 is 6.10 Å². The van der Waals surface area contributed by atoms with Crippen LogP contribution in [0.25, 0.3) is 0 Å². The molecule has 0 fully saturated rings. The zero-order valence-electron chi connectivity index (χ0n) is 12.3. The molecule has 110 valence electrons. The third-order valence-corrected chi connectivity index (χ3v) is 3.68. The van der Waals surface area contributed by atoms with Gasteiger partial charge in [0.05, 0.1) is 5.69 Å². The number of H-pyrrole nitrogens is 1. The highest BCUT2D eigenvalue weighted by Crippen LogP contribution is 2.22. The van der Waals surface area contributed by atoms with Crippen LogP contribution < -0.4 is 0 Å². The molecule has 2 N–H and O–H groups in total. The Morgan fingerprint density at radius 2 is 1.64 bits per heavy atom. The van der Waals surface area contributed by atoms with Crippen molar-refractivity contribution in [3.05, 3.63) is 94.8 Å². The van der Waals surface area contributed by atoms with Gasteiger partial charge in [-0.1, -0.05) is 60.2 Å². The van der Waals surface area contributed by atoms with Crippen molar-refractivity contribution < 1.29 is 9.90 Å². The predicted octanol–water partition coefficient (Wildman–Crippen LogP) is 3.64. The van der Waals surface area contributed by atoms with Crippen LogP contribution in [0.15, 0.2) is 66.7 Å². The number of hydrogen-bond acceptors (Lipinski definition) is 2. The Labute approximate surface area is 129 Å². The summed E-state index contributed by atoms with van der Waals surface area (Å²) in [6.45, 7) is 2.00. The number of rotatable bonds is 4. The molecule has 3 aromatic rings. The van der Waals surface area contributed by atoms with E-state index in [4.69, 9.17) is 0 Å². The molecule has 0 aliphatic carbocycles. The minimum Gasteiger partial charge on any atom is -0.382 e. The summed E-state index contributed by atoms with van der Waals surface area (Å²) in [5.74, 6) is -0.0806. The maximum absolute atomic E-state index is 12.4. The van der Waals surface area contributed by atoms with Gasteiger partial charge in [-0.15, -0.1) is 0 Å². The summed E-state index contributed by atoms with van der Waals surface area (Å²) < 4.78 is 0. The molecule has 0 saturated carbocycles. The molecule has 0 spiro atoms. The van der Waals surface area contributed by atoms with Crippen molar-refractivity contribution in [2.45, 2.75) is 13.0 Å². The van der Waals surface area contributed by atoms with Gasteiger partial charge < -0.3 is 10.1 Å². The van der Waals surface area contributed by atoms with E-state index in [2.05, 4.69) is 4.98 Å².